The highest BCUT2D eigenvalue weighted by atomic mass is 32.1. The van der Waals surface area contributed by atoms with Crippen molar-refractivity contribution in [1.82, 2.24) is 9.88 Å². The molecule has 2 rings (SSSR count). The van der Waals surface area contributed by atoms with Crippen LogP contribution in [0.3, 0.4) is 0 Å². The third-order valence-electron chi connectivity index (χ3n) is 3.56. The van der Waals surface area contributed by atoms with E-state index in [1.54, 1.807) is 0 Å². The van der Waals surface area contributed by atoms with E-state index in [1.807, 2.05) is 0 Å². The number of rotatable bonds is 6. The number of hydrogen-bond donors (Lipinski definition) is 2. The van der Waals surface area contributed by atoms with Crippen molar-refractivity contribution in [2.45, 2.75) is 38.6 Å². The normalized spacial score (nSPS) is 20.4. The zero-order valence-corrected chi connectivity index (χ0v) is 12.1. The number of nitrogens with zero attached hydrogens (tertiary/aromatic N) is 2. The van der Waals surface area contributed by atoms with Crippen LogP contribution >= 0.6 is 11.3 Å². The second-order valence-corrected chi connectivity index (χ2v) is 6.03. The second-order valence-electron chi connectivity index (χ2n) is 5.00. The monoisotopic (exact) mass is 283 g/mol. The number of likely N-dealkylation sites (tertiary alicyclic amines) is 1. The molecule has 5 nitrogen and oxygen atoms in total. The fourth-order valence-corrected chi connectivity index (χ4v) is 3.10. The molecule has 6 heteroatoms. The Morgan fingerprint density at radius 1 is 1.63 bits per heavy atom. The lowest BCUT2D eigenvalue weighted by Crippen LogP contribution is -2.38. The SMILES string of the molecule is CC1CCCCN1CCCNc1ncc(C(=O)O)s1. The van der Waals surface area contributed by atoms with Gasteiger partial charge in [0, 0.05) is 19.1 Å². The number of carboxylic acids is 1. The number of carboxylic acid groups (broad SMARTS) is 1. The molecule has 0 bridgehead atoms. The fraction of sp³-hybridized carbons (Fsp3) is 0.692. The van der Waals surface area contributed by atoms with Crippen molar-refractivity contribution in [2.24, 2.45) is 0 Å². The number of nitrogens with one attached hydrogen (secondary N) is 1. The number of aromatic carboxylic acids is 1. The summed E-state index contributed by atoms with van der Waals surface area (Å²) in [4.78, 5) is 17.6. The molecule has 1 fully saturated rings. The van der Waals surface area contributed by atoms with Crippen LogP contribution < -0.4 is 5.32 Å². The van der Waals surface area contributed by atoms with Crippen molar-refractivity contribution in [3.05, 3.63) is 11.1 Å². The fourth-order valence-electron chi connectivity index (χ4n) is 2.42. The number of hydrogen-bond acceptors (Lipinski definition) is 5. The molecule has 2 heterocycles. The number of anilines is 1. The van der Waals surface area contributed by atoms with Crippen LogP contribution in [0.2, 0.25) is 0 Å². The van der Waals surface area contributed by atoms with Gasteiger partial charge in [-0.05, 0) is 32.7 Å². The molecule has 106 valence electrons. The molecule has 19 heavy (non-hydrogen) atoms. The van der Waals surface area contributed by atoms with E-state index < -0.39 is 5.97 Å². The second kappa shape index (κ2) is 6.86. The third-order valence-corrected chi connectivity index (χ3v) is 4.50. The molecule has 0 radical (unpaired) electrons. The Morgan fingerprint density at radius 3 is 3.16 bits per heavy atom. The van der Waals surface area contributed by atoms with E-state index in [4.69, 9.17) is 5.11 Å². The molecule has 0 aromatic carbocycles. The van der Waals surface area contributed by atoms with Gasteiger partial charge in [-0.1, -0.05) is 17.8 Å². The standard InChI is InChI=1S/C13H21N3O2S/c1-10-5-2-3-7-16(10)8-4-6-14-13-15-9-11(19-13)12(17)18/h9-10H,2-8H2,1H3,(H,14,15)(H,17,18). The Bertz CT molecular complexity index is 422. The minimum Gasteiger partial charge on any atom is -0.477 e. The lowest BCUT2D eigenvalue weighted by atomic mass is 10.0. The van der Waals surface area contributed by atoms with Gasteiger partial charge in [-0.15, -0.1) is 0 Å². The summed E-state index contributed by atoms with van der Waals surface area (Å²) in [6.45, 7) is 5.45. The smallest absolute Gasteiger partial charge is 0.347 e. The maximum absolute atomic E-state index is 10.7. The molecular weight excluding hydrogens is 262 g/mol. The Labute approximate surface area is 117 Å². The van der Waals surface area contributed by atoms with Gasteiger partial charge in [-0.3, -0.25) is 0 Å². The predicted octanol–water partition coefficient (Wildman–Crippen LogP) is 2.52. The van der Waals surface area contributed by atoms with Crippen molar-refractivity contribution in [1.29, 1.82) is 0 Å². The van der Waals surface area contributed by atoms with Gasteiger partial charge < -0.3 is 15.3 Å². The highest BCUT2D eigenvalue weighted by molar-refractivity contribution is 7.17. The van der Waals surface area contributed by atoms with Crippen LogP contribution in [0, 0.1) is 0 Å². The molecule has 1 aromatic rings. The van der Waals surface area contributed by atoms with Gasteiger partial charge >= 0.3 is 5.97 Å². The number of carbonyl (C=O) groups is 1. The van der Waals surface area contributed by atoms with Gasteiger partial charge in [-0.25, -0.2) is 9.78 Å². The van der Waals surface area contributed by atoms with Crippen molar-refractivity contribution < 1.29 is 9.90 Å². The molecule has 1 unspecified atom stereocenters. The summed E-state index contributed by atoms with van der Waals surface area (Å²) in [6.07, 6.45) is 6.44. The van der Waals surface area contributed by atoms with Crippen LogP contribution in [0.5, 0.6) is 0 Å². The lowest BCUT2D eigenvalue weighted by Gasteiger charge is -2.33. The number of aromatic nitrogens is 1. The Morgan fingerprint density at radius 2 is 2.47 bits per heavy atom. The van der Waals surface area contributed by atoms with Crippen molar-refractivity contribution >= 4 is 22.4 Å². The molecular formula is C13H21N3O2S. The summed E-state index contributed by atoms with van der Waals surface area (Å²) < 4.78 is 0. The Hall–Kier alpha value is -1.14. The zero-order chi connectivity index (χ0) is 13.7. The lowest BCUT2D eigenvalue weighted by molar-refractivity contribution is 0.0702. The van der Waals surface area contributed by atoms with Gasteiger partial charge in [-0.2, -0.15) is 0 Å². The topological polar surface area (TPSA) is 65.5 Å². The first kappa shape index (κ1) is 14.3. The molecule has 2 N–H and O–H groups in total. The van der Waals surface area contributed by atoms with E-state index in [0.717, 1.165) is 19.5 Å². The molecule has 0 amide bonds. The van der Waals surface area contributed by atoms with Gasteiger partial charge in [0.2, 0.25) is 0 Å². The van der Waals surface area contributed by atoms with E-state index in [2.05, 4.69) is 22.1 Å². The van der Waals surface area contributed by atoms with Crippen LogP contribution in [0.4, 0.5) is 5.13 Å². The molecule has 1 aliphatic heterocycles. The Balaban J connectivity index is 1.67. The average Bonchev–Trinajstić information content (AvgIpc) is 2.85. The molecule has 0 saturated carbocycles. The van der Waals surface area contributed by atoms with E-state index in [0.29, 0.717) is 11.2 Å². The van der Waals surface area contributed by atoms with Crippen LogP contribution in [0.25, 0.3) is 0 Å². The van der Waals surface area contributed by atoms with Crippen molar-refractivity contribution in [2.75, 3.05) is 25.0 Å². The summed E-state index contributed by atoms with van der Waals surface area (Å²) in [7, 11) is 0. The third kappa shape index (κ3) is 4.18. The van der Waals surface area contributed by atoms with Crippen molar-refractivity contribution in [3.63, 3.8) is 0 Å². The van der Waals surface area contributed by atoms with Gasteiger partial charge in [0.15, 0.2) is 5.13 Å². The minimum atomic E-state index is -0.910. The highest BCUT2D eigenvalue weighted by Gasteiger charge is 2.17. The molecule has 1 aromatic heterocycles. The first-order valence-corrected chi connectivity index (χ1v) is 7.65. The molecule has 0 aliphatic carbocycles. The van der Waals surface area contributed by atoms with Crippen LogP contribution in [0.15, 0.2) is 6.20 Å². The van der Waals surface area contributed by atoms with Crippen molar-refractivity contribution in [3.8, 4) is 0 Å². The van der Waals surface area contributed by atoms with Crippen LogP contribution in [0.1, 0.15) is 42.3 Å². The quantitative estimate of drug-likeness (QED) is 0.785. The van der Waals surface area contributed by atoms with Gasteiger partial charge in [0.25, 0.3) is 0 Å². The molecule has 1 aliphatic rings. The summed E-state index contributed by atoms with van der Waals surface area (Å²) in [6, 6.07) is 0.701. The highest BCUT2D eigenvalue weighted by Crippen LogP contribution is 2.18. The summed E-state index contributed by atoms with van der Waals surface area (Å²) >= 11 is 1.19. The van der Waals surface area contributed by atoms with E-state index in [9.17, 15) is 4.79 Å². The van der Waals surface area contributed by atoms with Crippen LogP contribution in [-0.2, 0) is 0 Å². The van der Waals surface area contributed by atoms with Crippen LogP contribution in [-0.4, -0.2) is 46.6 Å². The maximum Gasteiger partial charge on any atom is 0.347 e. The molecule has 0 spiro atoms. The predicted molar refractivity (Wildman–Crippen MR) is 77.1 cm³/mol. The Kier molecular flexibility index (Phi) is 5.15. The largest absolute Gasteiger partial charge is 0.477 e. The van der Waals surface area contributed by atoms with E-state index in [1.165, 1.54) is 43.3 Å². The average molecular weight is 283 g/mol. The minimum absolute atomic E-state index is 0.284. The van der Waals surface area contributed by atoms with Gasteiger partial charge in [0.05, 0.1) is 6.20 Å². The summed E-state index contributed by atoms with van der Waals surface area (Å²) in [5.74, 6) is -0.910. The van der Waals surface area contributed by atoms with Gasteiger partial charge in [0.1, 0.15) is 4.88 Å². The first-order chi connectivity index (χ1) is 9.16. The first-order valence-electron chi connectivity index (χ1n) is 6.84. The number of thiazole rings is 1. The molecule has 1 saturated heterocycles. The zero-order valence-electron chi connectivity index (χ0n) is 11.3. The molecule has 1 atom stereocenters. The number of piperidine rings is 1. The maximum atomic E-state index is 10.7. The van der Waals surface area contributed by atoms with E-state index >= 15 is 0 Å². The summed E-state index contributed by atoms with van der Waals surface area (Å²) in [5.41, 5.74) is 0. The van der Waals surface area contributed by atoms with E-state index in [-0.39, 0.29) is 4.88 Å². The summed E-state index contributed by atoms with van der Waals surface area (Å²) in [5, 5.41) is 12.7.